The van der Waals surface area contributed by atoms with E-state index in [1.54, 1.807) is 17.7 Å². The van der Waals surface area contributed by atoms with Crippen LogP contribution in [-0.2, 0) is 10.3 Å². The van der Waals surface area contributed by atoms with Crippen LogP contribution in [0.1, 0.15) is 37.6 Å². The van der Waals surface area contributed by atoms with E-state index >= 15 is 0 Å². The summed E-state index contributed by atoms with van der Waals surface area (Å²) in [6.07, 6.45) is 5.18. The summed E-state index contributed by atoms with van der Waals surface area (Å²) in [4.78, 5) is 12.1. The maximum Gasteiger partial charge on any atom is 0.343 e. The molecule has 1 unspecified atom stereocenters. The van der Waals surface area contributed by atoms with Crippen molar-refractivity contribution in [3.63, 3.8) is 0 Å². The Kier molecular flexibility index (Phi) is 4.73. The molecular formula is C17H22FN3O2. The molecule has 0 aliphatic carbocycles. The van der Waals surface area contributed by atoms with Gasteiger partial charge in [0.15, 0.2) is 0 Å². The zero-order valence-corrected chi connectivity index (χ0v) is 13.7. The average molecular weight is 319 g/mol. The Morgan fingerprint density at radius 3 is 2.91 bits per heavy atom. The van der Waals surface area contributed by atoms with Gasteiger partial charge in [0.25, 0.3) is 0 Å². The van der Waals surface area contributed by atoms with E-state index < -0.39 is 17.3 Å². The maximum atomic E-state index is 13.8. The van der Waals surface area contributed by atoms with E-state index in [0.717, 1.165) is 0 Å². The molecule has 124 valence electrons. The Morgan fingerprint density at radius 1 is 1.65 bits per heavy atom. The fourth-order valence-electron chi connectivity index (χ4n) is 2.82. The van der Waals surface area contributed by atoms with Crippen LogP contribution >= 0.6 is 0 Å². The second kappa shape index (κ2) is 6.40. The van der Waals surface area contributed by atoms with Gasteiger partial charge in [0, 0.05) is 5.57 Å². The fraction of sp³-hybridized carbons (Fsp3) is 0.412. The molecule has 23 heavy (non-hydrogen) atoms. The highest BCUT2D eigenvalue weighted by Gasteiger charge is 2.38. The molecule has 0 bridgehead atoms. The summed E-state index contributed by atoms with van der Waals surface area (Å²) >= 11 is 0. The van der Waals surface area contributed by atoms with E-state index in [4.69, 9.17) is 4.74 Å². The van der Waals surface area contributed by atoms with Crippen molar-refractivity contribution in [3.8, 4) is 0 Å². The molecule has 1 aliphatic heterocycles. The molecule has 1 aliphatic rings. The Hall–Kier alpha value is -2.37. The Morgan fingerprint density at radius 2 is 2.35 bits per heavy atom. The minimum atomic E-state index is -0.524. The number of carbonyl (C=O) groups excluding carboxylic acids is 1. The number of nitrogens with zero attached hydrogens (tertiary/aromatic N) is 2. The first-order valence-electron chi connectivity index (χ1n) is 7.51. The van der Waals surface area contributed by atoms with Crippen molar-refractivity contribution in [2.45, 2.75) is 38.8 Å². The van der Waals surface area contributed by atoms with Gasteiger partial charge in [-0.15, -0.1) is 0 Å². The highest BCUT2D eigenvalue weighted by atomic mass is 19.1. The molecule has 0 aromatic carbocycles. The summed E-state index contributed by atoms with van der Waals surface area (Å²) in [5, 5.41) is 7.48. The van der Waals surface area contributed by atoms with Crippen LogP contribution in [0.15, 0.2) is 42.9 Å². The summed E-state index contributed by atoms with van der Waals surface area (Å²) in [5.41, 5.74) is 0.355. The molecule has 1 aromatic heterocycles. The molecule has 0 amide bonds. The molecule has 6 heteroatoms. The Labute approximate surface area is 135 Å². The molecule has 0 radical (unpaired) electrons. The molecule has 0 saturated carbocycles. The maximum absolute atomic E-state index is 13.8. The molecule has 1 aromatic rings. The van der Waals surface area contributed by atoms with Crippen LogP contribution in [0.4, 0.5) is 10.2 Å². The number of fused-ring (bicyclic) bond motifs is 1. The van der Waals surface area contributed by atoms with Crippen molar-refractivity contribution in [3.05, 3.63) is 48.5 Å². The van der Waals surface area contributed by atoms with Gasteiger partial charge in [0.05, 0.1) is 24.4 Å². The van der Waals surface area contributed by atoms with E-state index in [1.807, 2.05) is 13.8 Å². The first-order chi connectivity index (χ1) is 10.8. The van der Waals surface area contributed by atoms with Gasteiger partial charge < -0.3 is 10.1 Å². The number of aromatic nitrogens is 2. The topological polar surface area (TPSA) is 56.2 Å². The lowest BCUT2D eigenvalue weighted by molar-refractivity contribution is 0.0527. The van der Waals surface area contributed by atoms with Gasteiger partial charge >= 0.3 is 5.97 Å². The molecule has 2 rings (SSSR count). The predicted octanol–water partition coefficient (Wildman–Crippen LogP) is 3.57. The van der Waals surface area contributed by atoms with E-state index in [0.29, 0.717) is 23.4 Å². The van der Waals surface area contributed by atoms with Gasteiger partial charge in [0.2, 0.25) is 0 Å². The number of ether oxygens (including phenoxy) is 1. The van der Waals surface area contributed by atoms with Gasteiger partial charge in [-0.1, -0.05) is 25.3 Å². The quantitative estimate of drug-likeness (QED) is 0.666. The second-order valence-corrected chi connectivity index (χ2v) is 6.02. The first kappa shape index (κ1) is 17.0. The molecule has 1 atom stereocenters. The van der Waals surface area contributed by atoms with Gasteiger partial charge in [0.1, 0.15) is 17.2 Å². The van der Waals surface area contributed by atoms with Crippen LogP contribution < -0.4 is 5.32 Å². The largest absolute Gasteiger partial charge is 0.462 e. The van der Waals surface area contributed by atoms with E-state index in [1.165, 1.54) is 12.3 Å². The van der Waals surface area contributed by atoms with E-state index in [-0.39, 0.29) is 12.6 Å². The monoisotopic (exact) mass is 319 g/mol. The number of carbonyl (C=O) groups is 1. The van der Waals surface area contributed by atoms with Crippen LogP contribution in [-0.4, -0.2) is 28.4 Å². The normalized spacial score (nSPS) is 19.5. The third-order valence-electron chi connectivity index (χ3n) is 3.84. The number of hydrogen-bond donors (Lipinski definition) is 1. The Balaban J connectivity index is 2.46. The van der Waals surface area contributed by atoms with Gasteiger partial charge in [-0.05, 0) is 27.2 Å². The summed E-state index contributed by atoms with van der Waals surface area (Å²) in [5.74, 6) is -0.448. The zero-order chi connectivity index (χ0) is 17.2. The number of hydrogen-bond acceptors (Lipinski definition) is 4. The van der Waals surface area contributed by atoms with Crippen molar-refractivity contribution in [2.24, 2.45) is 0 Å². The summed E-state index contributed by atoms with van der Waals surface area (Å²) in [6.45, 7) is 13.0. The van der Waals surface area contributed by atoms with Crippen LogP contribution in [0.25, 0.3) is 0 Å². The van der Waals surface area contributed by atoms with E-state index in [2.05, 4.69) is 23.6 Å². The van der Waals surface area contributed by atoms with Crippen molar-refractivity contribution in [1.29, 1.82) is 0 Å². The van der Waals surface area contributed by atoms with Crippen LogP contribution in [0, 0.1) is 0 Å². The minimum absolute atomic E-state index is 0.277. The van der Waals surface area contributed by atoms with Crippen molar-refractivity contribution in [1.82, 2.24) is 9.78 Å². The molecule has 5 nitrogen and oxygen atoms in total. The molecule has 0 spiro atoms. The van der Waals surface area contributed by atoms with Gasteiger partial charge in [-0.25, -0.2) is 13.9 Å². The highest BCUT2D eigenvalue weighted by molar-refractivity contribution is 5.94. The lowest BCUT2D eigenvalue weighted by atomic mass is 9.88. The molecule has 2 heterocycles. The van der Waals surface area contributed by atoms with Crippen molar-refractivity contribution < 1.29 is 13.9 Å². The molecular weight excluding hydrogens is 297 g/mol. The average Bonchev–Trinajstić information content (AvgIpc) is 2.88. The summed E-state index contributed by atoms with van der Waals surface area (Å²) in [6, 6.07) is -0.335. The van der Waals surface area contributed by atoms with Crippen molar-refractivity contribution >= 4 is 11.8 Å². The third-order valence-corrected chi connectivity index (χ3v) is 3.84. The van der Waals surface area contributed by atoms with Gasteiger partial charge in [-0.3, -0.25) is 0 Å². The third kappa shape index (κ3) is 3.21. The smallest absolute Gasteiger partial charge is 0.343 e. The number of nitrogens with one attached hydrogen (secondary N) is 1. The van der Waals surface area contributed by atoms with E-state index in [9.17, 15) is 9.18 Å². The second-order valence-electron chi connectivity index (χ2n) is 6.02. The molecule has 0 fully saturated rings. The highest BCUT2D eigenvalue weighted by Crippen LogP contribution is 2.37. The molecule has 0 saturated heterocycles. The van der Waals surface area contributed by atoms with Crippen molar-refractivity contribution in [2.75, 3.05) is 11.9 Å². The van der Waals surface area contributed by atoms with Gasteiger partial charge in [-0.2, -0.15) is 5.10 Å². The SMILES string of the molecule is C=C/C=C(\C(=C)F)C1CC(C)(C)n2ncc(C(=O)OCC)c2N1. The number of allylic oxidation sites excluding steroid dienone is 2. The van der Waals surface area contributed by atoms with Crippen LogP contribution in [0.3, 0.4) is 0 Å². The summed E-state index contributed by atoms with van der Waals surface area (Å²) in [7, 11) is 0. The Bertz CT molecular complexity index is 673. The van der Waals surface area contributed by atoms with Crippen LogP contribution in [0.5, 0.6) is 0 Å². The number of halogens is 1. The predicted molar refractivity (Wildman–Crippen MR) is 88.1 cm³/mol. The number of rotatable bonds is 5. The molecule has 1 N–H and O–H groups in total. The first-order valence-corrected chi connectivity index (χ1v) is 7.51. The fourth-order valence-corrected chi connectivity index (χ4v) is 2.82. The summed E-state index contributed by atoms with van der Waals surface area (Å²) < 4.78 is 20.6. The van der Waals surface area contributed by atoms with Crippen LogP contribution in [0.2, 0.25) is 0 Å². The number of esters is 1. The minimum Gasteiger partial charge on any atom is -0.462 e. The lowest BCUT2D eigenvalue weighted by Crippen LogP contribution is -2.43. The lowest BCUT2D eigenvalue weighted by Gasteiger charge is -2.38. The zero-order valence-electron chi connectivity index (χ0n) is 13.7. The number of anilines is 1. The standard InChI is InChI=1S/C17H22FN3O2/c1-6-8-12(11(3)18)14-9-17(4,5)21-15(20-14)13(10-19-21)16(22)23-7-2/h6,8,10,14,20H,1,3,7,9H2,2,4-5H3/b12-8+.